The second-order valence-electron chi connectivity index (χ2n) is 4.96. The summed E-state index contributed by atoms with van der Waals surface area (Å²) in [6, 6.07) is 1.30. The van der Waals surface area contributed by atoms with Crippen LogP contribution in [0.25, 0.3) is 0 Å². The van der Waals surface area contributed by atoms with Crippen molar-refractivity contribution in [1.82, 2.24) is 4.98 Å². The Balaban J connectivity index is 2.72. The average Bonchev–Trinajstić information content (AvgIpc) is 2.27. The van der Waals surface area contributed by atoms with E-state index in [-0.39, 0.29) is 23.7 Å². The summed E-state index contributed by atoms with van der Waals surface area (Å²) >= 11 is 0. The second-order valence-corrected chi connectivity index (χ2v) is 7.82. The summed E-state index contributed by atoms with van der Waals surface area (Å²) in [5.74, 6) is -1.25. The monoisotopic (exact) mass is 287 g/mol. The summed E-state index contributed by atoms with van der Waals surface area (Å²) in [5, 5.41) is 8.93. The maximum absolute atomic E-state index is 11.8. The van der Waals surface area contributed by atoms with Gasteiger partial charge in [-0.3, -0.25) is 4.98 Å². The van der Waals surface area contributed by atoms with Crippen LogP contribution in [0.3, 0.4) is 0 Å². The van der Waals surface area contributed by atoms with E-state index in [1.54, 1.807) is 20.8 Å². The molecule has 0 amide bonds. The number of aromatic nitrogens is 1. The molecule has 0 saturated heterocycles. The van der Waals surface area contributed by atoms with Crippen molar-refractivity contribution in [2.75, 3.05) is 12.4 Å². The van der Waals surface area contributed by atoms with Crippen LogP contribution in [-0.2, 0) is 9.84 Å². The molecule has 1 heterocycles. The summed E-state index contributed by atoms with van der Waals surface area (Å²) in [4.78, 5) is 14.7. The highest BCUT2D eigenvalue weighted by Gasteiger charge is 2.28. The smallest absolute Gasteiger partial charge is 0.339 e. The Morgan fingerprint density at radius 1 is 1.42 bits per heavy atom. The lowest BCUT2D eigenvalue weighted by Gasteiger charge is -2.19. The van der Waals surface area contributed by atoms with Gasteiger partial charge < -0.3 is 9.84 Å². The van der Waals surface area contributed by atoms with Gasteiger partial charge >= 0.3 is 5.97 Å². The Morgan fingerprint density at radius 2 is 2.05 bits per heavy atom. The Kier molecular flexibility index (Phi) is 4.52. The van der Waals surface area contributed by atoms with Crippen LogP contribution >= 0.6 is 0 Å². The van der Waals surface area contributed by atoms with Crippen LogP contribution in [0.15, 0.2) is 18.5 Å². The molecule has 6 nitrogen and oxygen atoms in total. The molecule has 0 radical (unpaired) electrons. The van der Waals surface area contributed by atoms with Crippen LogP contribution in [0, 0.1) is 0 Å². The summed E-state index contributed by atoms with van der Waals surface area (Å²) in [6.07, 6.45) is 2.59. The van der Waals surface area contributed by atoms with Crippen molar-refractivity contribution in [2.45, 2.75) is 25.5 Å². The molecule has 0 atom stereocenters. The number of pyridine rings is 1. The lowest BCUT2D eigenvalue weighted by atomic mass is 10.2. The fourth-order valence-electron chi connectivity index (χ4n) is 1.24. The molecule has 19 heavy (non-hydrogen) atoms. The molecule has 0 fully saturated rings. The number of hydrogen-bond donors (Lipinski definition) is 1. The van der Waals surface area contributed by atoms with Gasteiger partial charge in [-0.2, -0.15) is 0 Å². The molecule has 0 aliphatic heterocycles. The molecule has 0 bridgehead atoms. The Morgan fingerprint density at radius 3 is 2.58 bits per heavy atom. The number of carboxylic acid groups (broad SMARTS) is 1. The predicted molar refractivity (Wildman–Crippen MR) is 70.2 cm³/mol. The number of aromatic carboxylic acids is 1. The van der Waals surface area contributed by atoms with Gasteiger partial charge in [-0.15, -0.1) is 0 Å². The van der Waals surface area contributed by atoms with Crippen molar-refractivity contribution >= 4 is 15.8 Å². The highest BCUT2D eigenvalue weighted by atomic mass is 32.2. The van der Waals surface area contributed by atoms with Crippen molar-refractivity contribution in [2.24, 2.45) is 0 Å². The Hall–Kier alpha value is -1.63. The molecule has 7 heteroatoms. The molecule has 1 aromatic heterocycles. The number of sulfone groups is 1. The molecule has 1 N–H and O–H groups in total. The summed E-state index contributed by atoms with van der Waals surface area (Å²) < 4.78 is 28.0. The van der Waals surface area contributed by atoms with Crippen molar-refractivity contribution in [1.29, 1.82) is 0 Å². The highest BCUT2D eigenvalue weighted by Crippen LogP contribution is 2.18. The largest absolute Gasteiger partial charge is 0.490 e. The van der Waals surface area contributed by atoms with Gasteiger partial charge in [-0.05, 0) is 26.8 Å². The van der Waals surface area contributed by atoms with Crippen LogP contribution in [0.2, 0.25) is 0 Å². The number of nitrogens with zero attached hydrogens (tertiary/aromatic N) is 1. The average molecular weight is 287 g/mol. The summed E-state index contributed by atoms with van der Waals surface area (Å²) in [7, 11) is -3.29. The highest BCUT2D eigenvalue weighted by molar-refractivity contribution is 7.92. The minimum absolute atomic E-state index is 0.0387. The third-order valence-corrected chi connectivity index (χ3v) is 5.13. The number of ether oxygens (including phenoxy) is 1. The van der Waals surface area contributed by atoms with Crippen LogP contribution < -0.4 is 4.74 Å². The van der Waals surface area contributed by atoms with Crippen molar-refractivity contribution < 1.29 is 23.1 Å². The number of rotatable bonds is 5. The maximum atomic E-state index is 11.8. The minimum Gasteiger partial charge on any atom is -0.490 e. The van der Waals surface area contributed by atoms with Gasteiger partial charge in [0.2, 0.25) is 0 Å². The number of hydrogen-bond acceptors (Lipinski definition) is 5. The molecule has 0 spiro atoms. The van der Waals surface area contributed by atoms with E-state index in [1.165, 1.54) is 18.5 Å². The first-order chi connectivity index (χ1) is 8.65. The first-order valence-corrected chi connectivity index (χ1v) is 7.33. The molecule has 0 aliphatic rings. The van der Waals surface area contributed by atoms with Crippen molar-refractivity contribution in [3.63, 3.8) is 0 Å². The van der Waals surface area contributed by atoms with E-state index in [1.807, 2.05) is 0 Å². The predicted octanol–water partition coefficient (Wildman–Crippen LogP) is 1.37. The molecular weight excluding hydrogens is 270 g/mol. The third kappa shape index (κ3) is 3.92. The fourth-order valence-corrected chi connectivity index (χ4v) is 2.15. The zero-order valence-electron chi connectivity index (χ0n) is 11.1. The first kappa shape index (κ1) is 15.4. The lowest BCUT2D eigenvalue weighted by Crippen LogP contribution is -2.32. The fraction of sp³-hybridized carbons (Fsp3) is 0.500. The van der Waals surface area contributed by atoms with Gasteiger partial charge in [-0.25, -0.2) is 13.2 Å². The molecule has 0 aliphatic carbocycles. The van der Waals surface area contributed by atoms with E-state index in [4.69, 9.17) is 9.84 Å². The van der Waals surface area contributed by atoms with Crippen LogP contribution in [0.1, 0.15) is 31.1 Å². The third-order valence-electron chi connectivity index (χ3n) is 2.56. The number of carboxylic acids is 1. The first-order valence-electron chi connectivity index (χ1n) is 5.67. The molecular formula is C12H17NO5S. The molecule has 0 saturated carbocycles. The van der Waals surface area contributed by atoms with E-state index in [9.17, 15) is 13.2 Å². The normalized spacial score (nSPS) is 12.2. The van der Waals surface area contributed by atoms with Gasteiger partial charge in [0.15, 0.2) is 15.6 Å². The summed E-state index contributed by atoms with van der Waals surface area (Å²) in [6.45, 7) is 4.71. The Bertz CT molecular complexity index is 560. The van der Waals surface area contributed by atoms with Crippen LogP contribution in [0.4, 0.5) is 0 Å². The van der Waals surface area contributed by atoms with Gasteiger partial charge in [0.1, 0.15) is 12.2 Å². The van der Waals surface area contributed by atoms with E-state index in [2.05, 4.69) is 4.98 Å². The van der Waals surface area contributed by atoms with Gasteiger partial charge in [0.05, 0.1) is 16.7 Å². The standard InChI is InChI=1S/C12H17NO5S/c1-12(2,3)19(16,17)7-6-18-10-8-13-5-4-9(10)11(14)15/h4-5,8H,6-7H2,1-3H3,(H,14,15). The molecule has 106 valence electrons. The molecule has 0 aromatic carbocycles. The van der Waals surface area contributed by atoms with Crippen molar-refractivity contribution in [3.05, 3.63) is 24.0 Å². The quantitative estimate of drug-likeness (QED) is 0.879. The SMILES string of the molecule is CC(C)(C)S(=O)(=O)CCOc1cnccc1C(=O)O. The van der Waals surface area contributed by atoms with Crippen LogP contribution in [-0.4, -0.2) is 41.6 Å². The lowest BCUT2D eigenvalue weighted by molar-refractivity contribution is 0.0692. The topological polar surface area (TPSA) is 93.6 Å². The van der Waals surface area contributed by atoms with Crippen molar-refractivity contribution in [3.8, 4) is 5.75 Å². The molecule has 1 aromatic rings. The van der Waals surface area contributed by atoms with E-state index >= 15 is 0 Å². The summed E-state index contributed by atoms with van der Waals surface area (Å²) in [5.41, 5.74) is -0.0387. The van der Waals surface area contributed by atoms with Crippen LogP contribution in [0.5, 0.6) is 5.75 Å². The van der Waals surface area contributed by atoms with Gasteiger partial charge in [-0.1, -0.05) is 0 Å². The minimum atomic E-state index is -3.29. The Labute approximate surface area is 112 Å². The van der Waals surface area contributed by atoms with Gasteiger partial charge in [0, 0.05) is 6.20 Å². The van der Waals surface area contributed by atoms with E-state index in [0.717, 1.165) is 0 Å². The molecule has 0 unspecified atom stereocenters. The zero-order valence-corrected chi connectivity index (χ0v) is 11.9. The molecule has 1 rings (SSSR count). The second kappa shape index (κ2) is 5.56. The maximum Gasteiger partial charge on any atom is 0.339 e. The van der Waals surface area contributed by atoms with Gasteiger partial charge in [0.25, 0.3) is 0 Å². The number of carbonyl (C=O) groups is 1. The van der Waals surface area contributed by atoms with E-state index in [0.29, 0.717) is 0 Å². The zero-order chi connectivity index (χ0) is 14.7. The van der Waals surface area contributed by atoms with E-state index < -0.39 is 20.6 Å².